The number of ether oxygens (including phenoxy) is 1. The first-order valence-electron chi connectivity index (χ1n) is 5.92. The van der Waals surface area contributed by atoms with E-state index in [2.05, 4.69) is 11.2 Å². The summed E-state index contributed by atoms with van der Waals surface area (Å²) in [6.07, 6.45) is 0. The quantitative estimate of drug-likeness (QED) is 0.838. The number of nitrogens with two attached hydrogens (primary N) is 1. The first kappa shape index (κ1) is 13.0. The summed E-state index contributed by atoms with van der Waals surface area (Å²) in [7, 11) is 1.75. The zero-order valence-electron chi connectivity index (χ0n) is 11.5. The highest BCUT2D eigenvalue weighted by Gasteiger charge is 2.16. The maximum Gasteiger partial charge on any atom is 0.235 e. The predicted octanol–water partition coefficient (Wildman–Crippen LogP) is 2.59. The zero-order chi connectivity index (χ0) is 14.2. The normalized spacial score (nSPS) is 10.3. The van der Waals surface area contributed by atoms with Crippen LogP contribution in [0.25, 0.3) is 0 Å². The molecule has 19 heavy (non-hydrogen) atoms. The highest BCUT2D eigenvalue weighted by Crippen LogP contribution is 2.31. The van der Waals surface area contributed by atoms with Gasteiger partial charge in [0.2, 0.25) is 5.88 Å². The van der Waals surface area contributed by atoms with Crippen LogP contribution < -0.4 is 10.5 Å². The van der Waals surface area contributed by atoms with Gasteiger partial charge in [-0.2, -0.15) is 10.4 Å². The molecular formula is C14H16N4O. The summed E-state index contributed by atoms with van der Waals surface area (Å²) in [4.78, 5) is 0. The van der Waals surface area contributed by atoms with E-state index < -0.39 is 0 Å². The van der Waals surface area contributed by atoms with Crippen LogP contribution in [-0.2, 0) is 7.05 Å². The van der Waals surface area contributed by atoms with Crippen molar-refractivity contribution in [3.05, 3.63) is 34.5 Å². The van der Waals surface area contributed by atoms with Crippen molar-refractivity contribution in [2.75, 3.05) is 5.73 Å². The van der Waals surface area contributed by atoms with Gasteiger partial charge in [0.25, 0.3) is 0 Å². The van der Waals surface area contributed by atoms with Crippen LogP contribution in [0.5, 0.6) is 11.6 Å². The number of aromatic nitrogens is 2. The van der Waals surface area contributed by atoms with Crippen LogP contribution >= 0.6 is 0 Å². The SMILES string of the molecule is Cc1cc(C)c(Oc2c(C#N)c(C)nn2C)cc1N. The van der Waals surface area contributed by atoms with Gasteiger partial charge >= 0.3 is 0 Å². The van der Waals surface area contributed by atoms with Crippen molar-refractivity contribution < 1.29 is 4.74 Å². The third-order valence-corrected chi connectivity index (χ3v) is 3.05. The molecule has 0 bridgehead atoms. The van der Waals surface area contributed by atoms with E-state index in [9.17, 15) is 0 Å². The topological polar surface area (TPSA) is 76.9 Å². The van der Waals surface area contributed by atoms with Gasteiger partial charge in [-0.1, -0.05) is 6.07 Å². The van der Waals surface area contributed by atoms with E-state index in [4.69, 9.17) is 15.7 Å². The minimum atomic E-state index is 0.436. The first-order chi connectivity index (χ1) is 8.93. The maximum atomic E-state index is 9.15. The lowest BCUT2D eigenvalue weighted by atomic mass is 10.1. The smallest absolute Gasteiger partial charge is 0.235 e. The minimum absolute atomic E-state index is 0.436. The van der Waals surface area contributed by atoms with Crippen molar-refractivity contribution in [3.8, 4) is 17.7 Å². The third kappa shape index (κ3) is 2.25. The molecule has 2 rings (SSSR count). The molecule has 0 saturated heterocycles. The van der Waals surface area contributed by atoms with E-state index in [0.717, 1.165) is 11.1 Å². The number of hydrogen-bond donors (Lipinski definition) is 1. The highest BCUT2D eigenvalue weighted by molar-refractivity contribution is 5.55. The molecule has 0 amide bonds. The molecule has 98 valence electrons. The van der Waals surface area contributed by atoms with Gasteiger partial charge in [0.15, 0.2) is 0 Å². The monoisotopic (exact) mass is 256 g/mol. The summed E-state index contributed by atoms with van der Waals surface area (Å²) >= 11 is 0. The molecule has 0 unspecified atom stereocenters. The van der Waals surface area contributed by atoms with E-state index in [0.29, 0.717) is 28.6 Å². The van der Waals surface area contributed by atoms with Gasteiger partial charge in [0.05, 0.1) is 5.69 Å². The molecule has 1 aromatic heterocycles. The predicted molar refractivity (Wildman–Crippen MR) is 73.1 cm³/mol. The van der Waals surface area contributed by atoms with Gasteiger partial charge in [-0.3, -0.25) is 0 Å². The number of benzene rings is 1. The Bertz CT molecular complexity index is 680. The molecule has 0 fully saturated rings. The molecular weight excluding hydrogens is 240 g/mol. The molecule has 0 spiro atoms. The van der Waals surface area contributed by atoms with Crippen LogP contribution in [0.3, 0.4) is 0 Å². The molecule has 5 heteroatoms. The number of nitriles is 1. The Balaban J connectivity index is 2.48. The Labute approximate surface area is 112 Å². The van der Waals surface area contributed by atoms with Crippen LogP contribution in [0.4, 0.5) is 5.69 Å². The standard InChI is InChI=1S/C14H16N4O/c1-8-5-9(2)13(6-12(8)16)19-14-11(7-15)10(3)17-18(14)4/h5-6H,16H2,1-4H3. The summed E-state index contributed by atoms with van der Waals surface area (Å²) in [6, 6.07) is 5.84. The molecule has 0 aliphatic heterocycles. The minimum Gasteiger partial charge on any atom is -0.438 e. The van der Waals surface area contributed by atoms with Crippen molar-refractivity contribution in [2.24, 2.45) is 7.05 Å². The zero-order valence-corrected chi connectivity index (χ0v) is 11.5. The van der Waals surface area contributed by atoms with Crippen LogP contribution in [0.1, 0.15) is 22.4 Å². The van der Waals surface area contributed by atoms with Crippen molar-refractivity contribution in [1.29, 1.82) is 5.26 Å². The lowest BCUT2D eigenvalue weighted by molar-refractivity contribution is 0.427. The number of nitrogen functional groups attached to an aromatic ring is 1. The second kappa shape index (κ2) is 4.65. The molecule has 0 aliphatic rings. The van der Waals surface area contributed by atoms with Gasteiger partial charge in [-0.25, -0.2) is 4.68 Å². The number of anilines is 1. The lowest BCUT2D eigenvalue weighted by Crippen LogP contribution is -1.99. The summed E-state index contributed by atoms with van der Waals surface area (Å²) in [5, 5.41) is 13.3. The number of hydrogen-bond acceptors (Lipinski definition) is 4. The average molecular weight is 256 g/mol. The Morgan fingerprint density at radius 1 is 1.26 bits per heavy atom. The Morgan fingerprint density at radius 3 is 2.58 bits per heavy atom. The van der Waals surface area contributed by atoms with Gasteiger partial charge in [0, 0.05) is 18.8 Å². The second-order valence-corrected chi connectivity index (χ2v) is 4.58. The van der Waals surface area contributed by atoms with E-state index in [1.807, 2.05) is 19.9 Å². The highest BCUT2D eigenvalue weighted by atomic mass is 16.5. The second-order valence-electron chi connectivity index (χ2n) is 4.58. The van der Waals surface area contributed by atoms with E-state index in [1.165, 1.54) is 0 Å². The van der Waals surface area contributed by atoms with E-state index in [1.54, 1.807) is 24.7 Å². The van der Waals surface area contributed by atoms with Gasteiger partial charge in [0.1, 0.15) is 17.4 Å². The Morgan fingerprint density at radius 2 is 1.95 bits per heavy atom. The maximum absolute atomic E-state index is 9.15. The van der Waals surface area contributed by atoms with Crippen LogP contribution in [0.2, 0.25) is 0 Å². The fourth-order valence-electron chi connectivity index (χ4n) is 1.95. The fraction of sp³-hybridized carbons (Fsp3) is 0.286. The van der Waals surface area contributed by atoms with Crippen molar-refractivity contribution >= 4 is 5.69 Å². The average Bonchev–Trinajstić information content (AvgIpc) is 2.60. The third-order valence-electron chi connectivity index (χ3n) is 3.05. The summed E-state index contributed by atoms with van der Waals surface area (Å²) < 4.78 is 7.38. The van der Waals surface area contributed by atoms with Crippen molar-refractivity contribution in [3.63, 3.8) is 0 Å². The molecule has 1 aromatic carbocycles. The number of nitrogens with zero attached hydrogens (tertiary/aromatic N) is 3. The molecule has 0 aliphatic carbocycles. The Kier molecular flexibility index (Phi) is 3.17. The van der Waals surface area contributed by atoms with E-state index in [-0.39, 0.29) is 0 Å². The summed E-state index contributed by atoms with van der Waals surface area (Å²) in [6.45, 7) is 5.67. The van der Waals surface area contributed by atoms with E-state index >= 15 is 0 Å². The first-order valence-corrected chi connectivity index (χ1v) is 5.92. The molecule has 0 atom stereocenters. The van der Waals surface area contributed by atoms with Crippen molar-refractivity contribution in [2.45, 2.75) is 20.8 Å². The number of rotatable bonds is 2. The van der Waals surface area contributed by atoms with Crippen LogP contribution in [-0.4, -0.2) is 9.78 Å². The molecule has 2 aromatic rings. The summed E-state index contributed by atoms with van der Waals surface area (Å²) in [5.74, 6) is 1.08. The molecule has 2 N–H and O–H groups in total. The van der Waals surface area contributed by atoms with Gasteiger partial charge < -0.3 is 10.5 Å². The largest absolute Gasteiger partial charge is 0.438 e. The van der Waals surface area contributed by atoms with Gasteiger partial charge in [-0.15, -0.1) is 0 Å². The lowest BCUT2D eigenvalue weighted by Gasteiger charge is -2.11. The fourth-order valence-corrected chi connectivity index (χ4v) is 1.95. The van der Waals surface area contributed by atoms with Crippen LogP contribution in [0, 0.1) is 32.1 Å². The molecule has 1 heterocycles. The number of aryl methyl sites for hydroxylation is 4. The van der Waals surface area contributed by atoms with Gasteiger partial charge in [-0.05, 0) is 31.9 Å². The molecule has 0 saturated carbocycles. The molecule has 0 radical (unpaired) electrons. The van der Waals surface area contributed by atoms with Crippen LogP contribution in [0.15, 0.2) is 12.1 Å². The Hall–Kier alpha value is -2.48. The summed E-state index contributed by atoms with van der Waals surface area (Å²) in [5.41, 5.74) is 9.62. The van der Waals surface area contributed by atoms with Crippen molar-refractivity contribution in [1.82, 2.24) is 9.78 Å². The molecule has 5 nitrogen and oxygen atoms in total.